The molecule has 1 aromatic rings. The molecule has 1 fully saturated rings. The van der Waals surface area contributed by atoms with Gasteiger partial charge < -0.3 is 19.6 Å². The molecule has 0 aromatic heterocycles. The third-order valence-electron chi connectivity index (χ3n) is 3.51. The van der Waals surface area contributed by atoms with E-state index in [2.05, 4.69) is 4.90 Å². The van der Waals surface area contributed by atoms with Crippen LogP contribution in [0.2, 0.25) is 0 Å². The summed E-state index contributed by atoms with van der Waals surface area (Å²) in [5.74, 6) is -0.352. The summed E-state index contributed by atoms with van der Waals surface area (Å²) in [4.78, 5) is 25.9. The fraction of sp³-hybridized carbons (Fsp3) is 0.429. The molecule has 20 heavy (non-hydrogen) atoms. The highest BCUT2D eigenvalue weighted by atomic mass is 16.5. The first kappa shape index (κ1) is 14.2. The van der Waals surface area contributed by atoms with E-state index in [0.29, 0.717) is 31.7 Å². The summed E-state index contributed by atoms with van der Waals surface area (Å²) in [6.07, 6.45) is -0.873. The summed E-state index contributed by atoms with van der Waals surface area (Å²) >= 11 is 0. The van der Waals surface area contributed by atoms with E-state index in [1.54, 1.807) is 12.1 Å². The molecular formula is C14H18N2O4. The number of methoxy groups -OCH3 is 1. The van der Waals surface area contributed by atoms with Gasteiger partial charge in [-0.15, -0.1) is 0 Å². The van der Waals surface area contributed by atoms with Gasteiger partial charge >= 0.3 is 12.1 Å². The van der Waals surface area contributed by atoms with Gasteiger partial charge in [0.25, 0.3) is 0 Å². The molecule has 0 bridgehead atoms. The molecule has 1 aromatic carbocycles. The predicted molar refractivity (Wildman–Crippen MR) is 74.3 cm³/mol. The fourth-order valence-corrected chi connectivity index (χ4v) is 2.39. The summed E-state index contributed by atoms with van der Waals surface area (Å²) in [6.45, 7) is 4.24. The molecule has 0 saturated carbocycles. The van der Waals surface area contributed by atoms with E-state index < -0.39 is 6.09 Å². The van der Waals surface area contributed by atoms with Crippen molar-refractivity contribution in [2.45, 2.75) is 6.92 Å². The van der Waals surface area contributed by atoms with Crippen LogP contribution in [0.4, 0.5) is 10.5 Å². The van der Waals surface area contributed by atoms with Gasteiger partial charge in [-0.25, -0.2) is 9.59 Å². The van der Waals surface area contributed by atoms with Crippen LogP contribution in [0.15, 0.2) is 18.2 Å². The maximum absolute atomic E-state index is 11.5. The molecule has 0 unspecified atom stereocenters. The summed E-state index contributed by atoms with van der Waals surface area (Å²) in [5, 5.41) is 8.93. The second kappa shape index (κ2) is 5.81. The number of aryl methyl sites for hydroxylation is 1. The van der Waals surface area contributed by atoms with Gasteiger partial charge in [0.15, 0.2) is 0 Å². The van der Waals surface area contributed by atoms with Gasteiger partial charge in [-0.2, -0.15) is 0 Å². The van der Waals surface area contributed by atoms with Crippen molar-refractivity contribution in [1.82, 2.24) is 4.90 Å². The highest BCUT2D eigenvalue weighted by molar-refractivity contribution is 5.90. The van der Waals surface area contributed by atoms with Crippen LogP contribution in [0.25, 0.3) is 0 Å². The van der Waals surface area contributed by atoms with E-state index in [9.17, 15) is 9.59 Å². The van der Waals surface area contributed by atoms with E-state index in [-0.39, 0.29) is 5.97 Å². The Morgan fingerprint density at radius 3 is 2.35 bits per heavy atom. The Bertz CT molecular complexity index is 522. The van der Waals surface area contributed by atoms with Crippen LogP contribution in [-0.2, 0) is 4.74 Å². The number of nitrogens with zero attached hydrogens (tertiary/aromatic N) is 2. The highest BCUT2D eigenvalue weighted by Gasteiger charge is 2.21. The SMILES string of the molecule is COC(=O)c1ccc(N2CCN(C(=O)O)CC2)c(C)c1. The maximum atomic E-state index is 11.5. The first-order valence-corrected chi connectivity index (χ1v) is 6.44. The van der Waals surface area contributed by atoms with Crippen molar-refractivity contribution in [1.29, 1.82) is 0 Å². The van der Waals surface area contributed by atoms with Crippen LogP contribution < -0.4 is 4.90 Å². The lowest BCUT2D eigenvalue weighted by Gasteiger charge is -2.35. The van der Waals surface area contributed by atoms with E-state index in [1.807, 2.05) is 13.0 Å². The molecule has 0 radical (unpaired) electrons. The first-order chi connectivity index (χ1) is 9.52. The molecule has 1 aliphatic rings. The number of esters is 1. The van der Waals surface area contributed by atoms with Gasteiger partial charge in [-0.05, 0) is 30.7 Å². The van der Waals surface area contributed by atoms with E-state index in [1.165, 1.54) is 12.0 Å². The summed E-state index contributed by atoms with van der Waals surface area (Å²) in [7, 11) is 1.36. The molecule has 0 atom stereocenters. The lowest BCUT2D eigenvalue weighted by Crippen LogP contribution is -2.48. The van der Waals surface area contributed by atoms with Gasteiger partial charge in [-0.3, -0.25) is 0 Å². The Balaban J connectivity index is 2.11. The molecule has 6 nitrogen and oxygen atoms in total. The van der Waals surface area contributed by atoms with Crippen LogP contribution in [0.3, 0.4) is 0 Å². The second-order valence-corrected chi connectivity index (χ2v) is 4.75. The number of anilines is 1. The fourth-order valence-electron chi connectivity index (χ4n) is 2.39. The van der Waals surface area contributed by atoms with Crippen LogP contribution >= 0.6 is 0 Å². The van der Waals surface area contributed by atoms with Crippen LogP contribution in [0.1, 0.15) is 15.9 Å². The van der Waals surface area contributed by atoms with Crippen molar-refractivity contribution >= 4 is 17.7 Å². The average molecular weight is 278 g/mol. The standard InChI is InChI=1S/C14H18N2O4/c1-10-9-11(13(17)20-2)3-4-12(10)15-5-7-16(8-6-15)14(18)19/h3-4,9H,5-8H2,1-2H3,(H,18,19). The third-order valence-corrected chi connectivity index (χ3v) is 3.51. The van der Waals surface area contributed by atoms with E-state index in [4.69, 9.17) is 9.84 Å². The Morgan fingerprint density at radius 2 is 1.85 bits per heavy atom. The number of carboxylic acid groups (broad SMARTS) is 1. The average Bonchev–Trinajstić information content (AvgIpc) is 2.46. The van der Waals surface area contributed by atoms with Crippen molar-refractivity contribution in [3.05, 3.63) is 29.3 Å². The maximum Gasteiger partial charge on any atom is 0.407 e. The Labute approximate surface area is 117 Å². The number of carbonyl (C=O) groups excluding carboxylic acids is 1. The number of carbonyl (C=O) groups is 2. The third kappa shape index (κ3) is 2.84. The van der Waals surface area contributed by atoms with Crippen molar-refractivity contribution in [2.24, 2.45) is 0 Å². The van der Waals surface area contributed by atoms with Crippen molar-refractivity contribution in [3.8, 4) is 0 Å². The Kier molecular flexibility index (Phi) is 4.12. The molecule has 1 amide bonds. The van der Waals surface area contributed by atoms with Crippen molar-refractivity contribution in [3.63, 3.8) is 0 Å². The molecule has 0 spiro atoms. The molecule has 1 saturated heterocycles. The number of rotatable bonds is 2. The number of amides is 1. The van der Waals surface area contributed by atoms with Crippen molar-refractivity contribution in [2.75, 3.05) is 38.2 Å². The number of piperazine rings is 1. The zero-order valence-corrected chi connectivity index (χ0v) is 11.6. The molecule has 1 aliphatic heterocycles. The molecular weight excluding hydrogens is 260 g/mol. The smallest absolute Gasteiger partial charge is 0.407 e. The van der Waals surface area contributed by atoms with Gasteiger partial charge in [0, 0.05) is 31.9 Å². The van der Waals surface area contributed by atoms with E-state index in [0.717, 1.165) is 11.3 Å². The number of benzene rings is 1. The largest absolute Gasteiger partial charge is 0.465 e. The van der Waals surface area contributed by atoms with Crippen LogP contribution in [-0.4, -0.2) is 55.4 Å². The molecule has 2 rings (SSSR count). The van der Waals surface area contributed by atoms with Crippen molar-refractivity contribution < 1.29 is 19.4 Å². The van der Waals surface area contributed by atoms with E-state index >= 15 is 0 Å². The minimum atomic E-state index is -0.873. The van der Waals surface area contributed by atoms with Crippen LogP contribution in [0, 0.1) is 6.92 Å². The zero-order valence-electron chi connectivity index (χ0n) is 11.6. The number of hydrogen-bond acceptors (Lipinski definition) is 4. The molecule has 1 heterocycles. The highest BCUT2D eigenvalue weighted by Crippen LogP contribution is 2.23. The van der Waals surface area contributed by atoms with Crippen LogP contribution in [0.5, 0.6) is 0 Å². The molecule has 1 N–H and O–H groups in total. The topological polar surface area (TPSA) is 70.1 Å². The lowest BCUT2D eigenvalue weighted by atomic mass is 10.1. The molecule has 0 aliphatic carbocycles. The summed E-state index contributed by atoms with van der Waals surface area (Å²) in [6, 6.07) is 5.42. The summed E-state index contributed by atoms with van der Waals surface area (Å²) in [5.41, 5.74) is 2.54. The first-order valence-electron chi connectivity index (χ1n) is 6.44. The Hall–Kier alpha value is -2.24. The minimum Gasteiger partial charge on any atom is -0.465 e. The van der Waals surface area contributed by atoms with Gasteiger partial charge in [-0.1, -0.05) is 0 Å². The zero-order chi connectivity index (χ0) is 14.7. The Morgan fingerprint density at radius 1 is 1.20 bits per heavy atom. The molecule has 108 valence electrons. The second-order valence-electron chi connectivity index (χ2n) is 4.75. The predicted octanol–water partition coefficient (Wildman–Crippen LogP) is 1.58. The van der Waals surface area contributed by atoms with Gasteiger partial charge in [0.1, 0.15) is 0 Å². The number of hydrogen-bond donors (Lipinski definition) is 1. The normalized spacial score (nSPS) is 15.1. The number of ether oxygens (including phenoxy) is 1. The van der Waals surface area contributed by atoms with Gasteiger partial charge in [0.05, 0.1) is 12.7 Å². The monoisotopic (exact) mass is 278 g/mol. The van der Waals surface area contributed by atoms with Gasteiger partial charge in [0.2, 0.25) is 0 Å². The molecule has 6 heteroatoms. The quantitative estimate of drug-likeness (QED) is 0.832. The lowest BCUT2D eigenvalue weighted by molar-refractivity contribution is 0.0600. The summed E-state index contributed by atoms with van der Waals surface area (Å²) < 4.78 is 4.69. The minimum absolute atomic E-state index is 0.352.